The van der Waals surface area contributed by atoms with Crippen LogP contribution in [0, 0.1) is 11.8 Å². The van der Waals surface area contributed by atoms with E-state index in [0.29, 0.717) is 13.0 Å². The number of nitrogens with one attached hydrogen (secondary N) is 2. The molecule has 0 spiro atoms. The van der Waals surface area contributed by atoms with Gasteiger partial charge in [-0.25, -0.2) is 15.1 Å². The van der Waals surface area contributed by atoms with Gasteiger partial charge < -0.3 is 15.2 Å². The highest BCUT2D eigenvalue weighted by atomic mass is 16.7. The molecule has 0 aromatic heterocycles. The van der Waals surface area contributed by atoms with Gasteiger partial charge in [0, 0.05) is 18.4 Å². The van der Waals surface area contributed by atoms with Crippen LogP contribution in [0.15, 0.2) is 48.5 Å². The van der Waals surface area contributed by atoms with Crippen molar-refractivity contribution in [3.05, 3.63) is 59.7 Å². The molecule has 0 heterocycles. The Morgan fingerprint density at radius 2 is 1.63 bits per heavy atom. The van der Waals surface area contributed by atoms with Gasteiger partial charge in [0.15, 0.2) is 6.61 Å². The van der Waals surface area contributed by atoms with Crippen LogP contribution in [-0.4, -0.2) is 42.8 Å². The number of fused-ring (bicyclic) bond motifs is 3. The molecule has 8 nitrogen and oxygen atoms in total. The summed E-state index contributed by atoms with van der Waals surface area (Å²) in [6.45, 7) is -0.0493. The lowest BCUT2D eigenvalue weighted by molar-refractivity contribution is -0.149. The van der Waals surface area contributed by atoms with Gasteiger partial charge in [0.2, 0.25) is 5.91 Å². The Morgan fingerprint density at radius 1 is 1.00 bits per heavy atom. The minimum Gasteiger partial charge on any atom is -0.479 e. The summed E-state index contributed by atoms with van der Waals surface area (Å²) in [6.07, 6.45) is 0.0800. The van der Waals surface area contributed by atoms with Crippen molar-refractivity contribution in [2.24, 2.45) is 11.8 Å². The average Bonchev–Trinajstić information content (AvgIpc) is 3.46. The number of benzene rings is 2. The Hall–Kier alpha value is -3.39. The zero-order valence-electron chi connectivity index (χ0n) is 16.2. The smallest absolute Gasteiger partial charge is 0.407 e. The van der Waals surface area contributed by atoms with E-state index in [-0.39, 0.29) is 30.3 Å². The van der Waals surface area contributed by atoms with Crippen LogP contribution >= 0.6 is 0 Å². The summed E-state index contributed by atoms with van der Waals surface area (Å²) in [7, 11) is 0. The van der Waals surface area contributed by atoms with Crippen molar-refractivity contribution in [2.75, 3.05) is 19.8 Å². The standard InChI is InChI=1S/C22H22N2O6/c25-20(26)12-30-24-21(27)18-9-13(18)10-23-22(28)29-11-19-16-7-3-1-5-14(16)15-6-2-4-8-17(15)19/h1-8,13,18-19H,9-12H2,(H,23,28)(H,24,27)(H,25,26). The van der Waals surface area contributed by atoms with Crippen LogP contribution in [0.1, 0.15) is 23.5 Å². The summed E-state index contributed by atoms with van der Waals surface area (Å²) < 4.78 is 5.46. The van der Waals surface area contributed by atoms with Crippen LogP contribution in [0.5, 0.6) is 0 Å². The predicted octanol–water partition coefficient (Wildman–Crippen LogP) is 2.29. The fourth-order valence-corrected chi connectivity index (χ4v) is 3.90. The molecule has 2 aromatic rings. The van der Waals surface area contributed by atoms with Crippen molar-refractivity contribution >= 4 is 18.0 Å². The van der Waals surface area contributed by atoms with Gasteiger partial charge in [0.25, 0.3) is 0 Å². The number of ether oxygens (including phenoxy) is 1. The molecule has 156 valence electrons. The van der Waals surface area contributed by atoms with Crippen LogP contribution in [-0.2, 0) is 19.2 Å². The fraction of sp³-hybridized carbons (Fsp3) is 0.318. The number of hydrogen-bond donors (Lipinski definition) is 3. The van der Waals surface area contributed by atoms with Crippen molar-refractivity contribution in [1.29, 1.82) is 0 Å². The number of alkyl carbamates (subject to hydrolysis) is 1. The highest BCUT2D eigenvalue weighted by Gasteiger charge is 2.43. The van der Waals surface area contributed by atoms with Gasteiger partial charge >= 0.3 is 12.1 Å². The molecule has 8 heteroatoms. The molecular weight excluding hydrogens is 388 g/mol. The topological polar surface area (TPSA) is 114 Å². The minimum absolute atomic E-state index is 0.00557. The highest BCUT2D eigenvalue weighted by molar-refractivity contribution is 5.81. The molecule has 0 saturated heterocycles. The molecule has 0 radical (unpaired) electrons. The number of rotatable bonds is 8. The third kappa shape index (κ3) is 4.28. The lowest BCUT2D eigenvalue weighted by atomic mass is 9.98. The van der Waals surface area contributed by atoms with E-state index in [0.717, 1.165) is 11.1 Å². The maximum Gasteiger partial charge on any atom is 0.407 e. The summed E-state index contributed by atoms with van der Waals surface area (Å²) in [5, 5.41) is 11.2. The second-order valence-corrected chi connectivity index (χ2v) is 7.46. The highest BCUT2D eigenvalue weighted by Crippen LogP contribution is 2.44. The Kier molecular flexibility index (Phi) is 5.67. The minimum atomic E-state index is -1.17. The van der Waals surface area contributed by atoms with E-state index in [9.17, 15) is 14.4 Å². The van der Waals surface area contributed by atoms with Gasteiger partial charge in [-0.15, -0.1) is 0 Å². The number of hydrogen-bond acceptors (Lipinski definition) is 5. The van der Waals surface area contributed by atoms with Gasteiger partial charge in [-0.1, -0.05) is 48.5 Å². The van der Waals surface area contributed by atoms with Crippen LogP contribution < -0.4 is 10.8 Å². The number of hydroxylamine groups is 1. The molecule has 1 fully saturated rings. The molecule has 3 N–H and O–H groups in total. The molecule has 1 saturated carbocycles. The fourth-order valence-electron chi connectivity index (χ4n) is 3.90. The Morgan fingerprint density at radius 3 is 2.27 bits per heavy atom. The van der Waals surface area contributed by atoms with Crippen molar-refractivity contribution < 1.29 is 29.1 Å². The first kappa shape index (κ1) is 19.9. The van der Waals surface area contributed by atoms with E-state index in [4.69, 9.17) is 9.84 Å². The third-order valence-electron chi connectivity index (χ3n) is 5.48. The quantitative estimate of drug-likeness (QED) is 0.576. The lowest BCUT2D eigenvalue weighted by Gasteiger charge is -2.14. The number of carbonyl (C=O) groups is 3. The number of carbonyl (C=O) groups excluding carboxylic acids is 2. The maximum absolute atomic E-state index is 12.2. The summed E-state index contributed by atoms with van der Waals surface area (Å²) >= 11 is 0. The number of aliphatic carboxylic acids is 1. The van der Waals surface area contributed by atoms with E-state index in [1.54, 1.807) is 0 Å². The Labute approximate surface area is 173 Å². The average molecular weight is 410 g/mol. The van der Waals surface area contributed by atoms with Crippen LogP contribution in [0.4, 0.5) is 4.79 Å². The first-order valence-corrected chi connectivity index (χ1v) is 9.77. The van der Waals surface area contributed by atoms with Crippen molar-refractivity contribution in [3.8, 4) is 11.1 Å². The number of amides is 2. The molecule has 2 amide bonds. The number of carboxylic acid groups (broad SMARTS) is 1. The molecule has 2 aliphatic carbocycles. The van der Waals surface area contributed by atoms with Gasteiger partial charge in [0.1, 0.15) is 6.61 Å². The van der Waals surface area contributed by atoms with Crippen molar-refractivity contribution in [2.45, 2.75) is 12.3 Å². The first-order valence-electron chi connectivity index (χ1n) is 9.77. The van der Waals surface area contributed by atoms with Crippen LogP contribution in [0.3, 0.4) is 0 Å². The van der Waals surface area contributed by atoms with Gasteiger partial charge in [-0.05, 0) is 34.6 Å². The van der Waals surface area contributed by atoms with Crippen molar-refractivity contribution in [3.63, 3.8) is 0 Å². The SMILES string of the molecule is O=C(O)CONC(=O)C1CC1CNC(=O)OCC1c2ccccc2-c2ccccc21. The number of carboxylic acids is 1. The molecule has 0 aliphatic heterocycles. The summed E-state index contributed by atoms with van der Waals surface area (Å²) in [5.41, 5.74) is 6.73. The zero-order chi connectivity index (χ0) is 21.1. The summed E-state index contributed by atoms with van der Waals surface area (Å²) in [5.74, 6) is -1.87. The zero-order valence-corrected chi connectivity index (χ0v) is 16.2. The van der Waals surface area contributed by atoms with E-state index in [1.165, 1.54) is 11.1 Å². The molecule has 0 bridgehead atoms. The monoisotopic (exact) mass is 410 g/mol. The second-order valence-electron chi connectivity index (χ2n) is 7.46. The molecule has 30 heavy (non-hydrogen) atoms. The van der Waals surface area contributed by atoms with Crippen LogP contribution in [0.2, 0.25) is 0 Å². The van der Waals surface area contributed by atoms with Gasteiger partial charge in [0.05, 0.1) is 0 Å². The molecule has 2 aromatic carbocycles. The normalized spacial score (nSPS) is 18.8. The van der Waals surface area contributed by atoms with E-state index < -0.39 is 18.7 Å². The molecule has 2 atom stereocenters. The van der Waals surface area contributed by atoms with Gasteiger partial charge in [-0.2, -0.15) is 0 Å². The lowest BCUT2D eigenvalue weighted by Crippen LogP contribution is -2.31. The molecule has 2 unspecified atom stereocenters. The molecule has 2 aliphatic rings. The largest absolute Gasteiger partial charge is 0.479 e. The van der Waals surface area contributed by atoms with E-state index in [2.05, 4.69) is 39.9 Å². The van der Waals surface area contributed by atoms with E-state index >= 15 is 0 Å². The second kappa shape index (κ2) is 8.54. The van der Waals surface area contributed by atoms with E-state index in [1.807, 2.05) is 24.3 Å². The van der Waals surface area contributed by atoms with Crippen molar-refractivity contribution in [1.82, 2.24) is 10.8 Å². The Bertz CT molecular complexity index is 930. The Balaban J connectivity index is 1.24. The first-order chi connectivity index (χ1) is 14.5. The molecular formula is C22H22N2O6. The van der Waals surface area contributed by atoms with Gasteiger partial charge in [-0.3, -0.25) is 9.63 Å². The predicted molar refractivity (Wildman–Crippen MR) is 106 cm³/mol. The third-order valence-corrected chi connectivity index (χ3v) is 5.48. The molecule has 4 rings (SSSR count). The summed E-state index contributed by atoms with van der Waals surface area (Å²) in [4.78, 5) is 38.9. The summed E-state index contributed by atoms with van der Waals surface area (Å²) in [6, 6.07) is 16.2. The maximum atomic E-state index is 12.2. The van der Waals surface area contributed by atoms with Crippen LogP contribution in [0.25, 0.3) is 11.1 Å².